The van der Waals surface area contributed by atoms with Crippen LogP contribution in [0.25, 0.3) is 0 Å². The predicted octanol–water partition coefficient (Wildman–Crippen LogP) is 3.03. The Hall–Kier alpha value is -2.12. The number of methoxy groups -OCH3 is 1. The molecule has 4 fully saturated rings. The molecule has 3 heterocycles. The number of nitrogens with zero attached hydrogens (tertiary/aromatic N) is 3. The zero-order chi connectivity index (χ0) is 24.4. The number of benzene rings is 1. The number of hydrogen-bond acceptors (Lipinski definition) is 5. The van der Waals surface area contributed by atoms with Crippen LogP contribution in [0.15, 0.2) is 24.3 Å². The van der Waals surface area contributed by atoms with Crippen molar-refractivity contribution in [1.82, 2.24) is 20.0 Å². The lowest BCUT2D eigenvalue weighted by molar-refractivity contribution is -0.135. The molecule has 0 unspecified atom stereocenters. The van der Waals surface area contributed by atoms with E-state index in [0.717, 1.165) is 57.1 Å². The molecule has 1 spiro atoms. The summed E-state index contributed by atoms with van der Waals surface area (Å²) in [5.74, 6) is 1.86. The number of carbonyl (C=O) groups is 2. The van der Waals surface area contributed by atoms with Crippen molar-refractivity contribution in [3.05, 3.63) is 29.8 Å². The minimum Gasteiger partial charge on any atom is -0.497 e. The van der Waals surface area contributed by atoms with Gasteiger partial charge in [-0.2, -0.15) is 0 Å². The molecule has 2 atom stereocenters. The van der Waals surface area contributed by atoms with E-state index in [1.165, 1.54) is 37.7 Å². The molecule has 0 aromatic heterocycles. The quantitative estimate of drug-likeness (QED) is 0.675. The molecule has 0 bridgehead atoms. The molecular formula is C28H42N4O3. The molecule has 3 aliphatic heterocycles. The molecular weight excluding hydrogens is 440 g/mol. The fourth-order valence-corrected chi connectivity index (χ4v) is 6.83. The highest BCUT2D eigenvalue weighted by molar-refractivity contribution is 5.92. The zero-order valence-electron chi connectivity index (χ0n) is 21.5. The van der Waals surface area contributed by atoms with Gasteiger partial charge in [0.2, 0.25) is 11.8 Å². The third-order valence-electron chi connectivity index (χ3n) is 9.03. The first-order valence-corrected chi connectivity index (χ1v) is 13.6. The van der Waals surface area contributed by atoms with Crippen molar-refractivity contribution < 1.29 is 14.3 Å². The van der Waals surface area contributed by atoms with E-state index in [2.05, 4.69) is 34.3 Å². The summed E-state index contributed by atoms with van der Waals surface area (Å²) in [7, 11) is 3.88. The predicted molar refractivity (Wildman–Crippen MR) is 136 cm³/mol. The molecule has 1 aromatic carbocycles. The summed E-state index contributed by atoms with van der Waals surface area (Å²) in [4.78, 5) is 33.5. The number of piperidine rings is 1. The first-order chi connectivity index (χ1) is 16.9. The van der Waals surface area contributed by atoms with Crippen LogP contribution in [0.2, 0.25) is 0 Å². The number of amides is 2. The van der Waals surface area contributed by atoms with Gasteiger partial charge in [0.15, 0.2) is 0 Å². The molecule has 5 rings (SSSR count). The fraction of sp³-hybridized carbons (Fsp3) is 0.714. The van der Waals surface area contributed by atoms with E-state index in [9.17, 15) is 9.59 Å². The topological polar surface area (TPSA) is 65.1 Å². The number of fused-ring (bicyclic) bond motifs is 1. The number of nitrogens with one attached hydrogen (secondary N) is 1. The van der Waals surface area contributed by atoms with Crippen LogP contribution < -0.4 is 10.1 Å². The maximum absolute atomic E-state index is 13.4. The SMILES string of the molecule is COc1cccc(CN2CCC3(CC2)CC(=O)N2C[C@@H](N(C)CC4CCCCC4)C[C@H]2C(=O)N3)c1. The monoisotopic (exact) mass is 482 g/mol. The van der Waals surface area contributed by atoms with Crippen LogP contribution in [0.5, 0.6) is 5.75 Å². The summed E-state index contributed by atoms with van der Waals surface area (Å²) >= 11 is 0. The van der Waals surface area contributed by atoms with Crippen molar-refractivity contribution in [3.63, 3.8) is 0 Å². The lowest BCUT2D eigenvalue weighted by Crippen LogP contribution is -2.56. The van der Waals surface area contributed by atoms with Crippen molar-refractivity contribution in [1.29, 1.82) is 0 Å². The van der Waals surface area contributed by atoms with E-state index in [1.54, 1.807) is 7.11 Å². The second kappa shape index (κ2) is 10.5. The number of rotatable bonds is 6. The summed E-state index contributed by atoms with van der Waals surface area (Å²) in [5, 5.41) is 3.37. The largest absolute Gasteiger partial charge is 0.497 e. The Balaban J connectivity index is 1.17. The maximum Gasteiger partial charge on any atom is 0.243 e. The van der Waals surface area contributed by atoms with Crippen LogP contribution in [0.1, 0.15) is 63.4 Å². The molecule has 1 aromatic rings. The summed E-state index contributed by atoms with van der Waals surface area (Å²) in [6, 6.07) is 8.17. The molecule has 0 radical (unpaired) electrons. The molecule has 2 amide bonds. The molecule has 7 nitrogen and oxygen atoms in total. The van der Waals surface area contributed by atoms with Gasteiger partial charge in [-0.3, -0.25) is 14.5 Å². The molecule has 1 aliphatic carbocycles. The Morgan fingerprint density at radius 2 is 1.91 bits per heavy atom. The summed E-state index contributed by atoms with van der Waals surface area (Å²) < 4.78 is 5.36. The second-order valence-electron chi connectivity index (χ2n) is 11.5. The van der Waals surface area contributed by atoms with Gasteiger partial charge in [-0.1, -0.05) is 31.4 Å². The third kappa shape index (κ3) is 5.51. The highest BCUT2D eigenvalue weighted by Gasteiger charge is 2.49. The number of carbonyl (C=O) groups excluding carboxylic acids is 2. The summed E-state index contributed by atoms with van der Waals surface area (Å²) in [5.41, 5.74) is 0.831. The van der Waals surface area contributed by atoms with Crippen molar-refractivity contribution >= 4 is 11.8 Å². The van der Waals surface area contributed by atoms with Gasteiger partial charge in [0.1, 0.15) is 11.8 Å². The minimum absolute atomic E-state index is 0.0608. The van der Waals surface area contributed by atoms with Gasteiger partial charge in [0.05, 0.1) is 19.1 Å². The van der Waals surface area contributed by atoms with Gasteiger partial charge in [-0.05, 0) is 62.8 Å². The molecule has 4 aliphatic rings. The van der Waals surface area contributed by atoms with Crippen LogP contribution in [-0.2, 0) is 16.1 Å². The molecule has 1 N–H and O–H groups in total. The third-order valence-corrected chi connectivity index (χ3v) is 9.03. The van der Waals surface area contributed by atoms with Crippen LogP contribution in [0, 0.1) is 5.92 Å². The van der Waals surface area contributed by atoms with Crippen molar-refractivity contribution in [2.24, 2.45) is 5.92 Å². The normalized spacial score (nSPS) is 27.7. The molecule has 3 saturated heterocycles. The van der Waals surface area contributed by atoms with Crippen LogP contribution in [-0.4, -0.2) is 84.5 Å². The average molecular weight is 483 g/mol. The van der Waals surface area contributed by atoms with Gasteiger partial charge in [0.25, 0.3) is 0 Å². The van der Waals surface area contributed by atoms with E-state index < -0.39 is 5.54 Å². The van der Waals surface area contributed by atoms with Gasteiger partial charge < -0.3 is 19.9 Å². The molecule has 1 saturated carbocycles. The van der Waals surface area contributed by atoms with Crippen LogP contribution in [0.4, 0.5) is 0 Å². The summed E-state index contributed by atoms with van der Waals surface area (Å²) in [6.45, 7) is 4.40. The smallest absolute Gasteiger partial charge is 0.243 e. The van der Waals surface area contributed by atoms with E-state index in [0.29, 0.717) is 13.0 Å². The highest BCUT2D eigenvalue weighted by atomic mass is 16.5. The van der Waals surface area contributed by atoms with Gasteiger partial charge in [-0.25, -0.2) is 0 Å². The lowest BCUT2D eigenvalue weighted by atomic mass is 9.83. The number of likely N-dealkylation sites (tertiary alicyclic amines) is 1. The lowest BCUT2D eigenvalue weighted by Gasteiger charge is -2.41. The van der Waals surface area contributed by atoms with Gasteiger partial charge in [-0.15, -0.1) is 0 Å². The Labute approximate surface area is 210 Å². The second-order valence-corrected chi connectivity index (χ2v) is 11.5. The van der Waals surface area contributed by atoms with Crippen molar-refractivity contribution in [3.8, 4) is 5.75 Å². The number of hydrogen-bond donors (Lipinski definition) is 1. The van der Waals surface area contributed by atoms with Crippen LogP contribution in [0.3, 0.4) is 0 Å². The summed E-state index contributed by atoms with van der Waals surface area (Å²) in [6.07, 6.45) is 9.53. The fourth-order valence-electron chi connectivity index (χ4n) is 6.83. The van der Waals surface area contributed by atoms with E-state index in [4.69, 9.17) is 4.74 Å². The number of likely N-dealkylation sites (N-methyl/N-ethyl adjacent to an activating group) is 1. The van der Waals surface area contributed by atoms with Crippen LogP contribution >= 0.6 is 0 Å². The zero-order valence-corrected chi connectivity index (χ0v) is 21.5. The maximum atomic E-state index is 13.4. The Morgan fingerprint density at radius 1 is 1.14 bits per heavy atom. The Bertz CT molecular complexity index is 879. The highest BCUT2D eigenvalue weighted by Crippen LogP contribution is 2.34. The Morgan fingerprint density at radius 3 is 2.66 bits per heavy atom. The first-order valence-electron chi connectivity index (χ1n) is 13.6. The average Bonchev–Trinajstić information content (AvgIpc) is 3.29. The van der Waals surface area contributed by atoms with Crippen molar-refractivity contribution in [2.45, 2.75) is 82.0 Å². The standard InChI is InChI=1S/C28H42N4O3/c1-30(18-21-7-4-3-5-8-21)23-16-25-27(34)29-28(17-26(33)32(25)20-23)11-13-31(14-12-28)19-22-9-6-10-24(15-22)35-2/h6,9-10,15,21,23,25H,3-5,7-8,11-14,16-20H2,1-2H3,(H,29,34)/t23-,25-/m0/s1. The Kier molecular flexibility index (Phi) is 7.35. The van der Waals surface area contributed by atoms with Gasteiger partial charge in [0, 0.05) is 38.8 Å². The van der Waals surface area contributed by atoms with Crippen molar-refractivity contribution in [2.75, 3.05) is 40.3 Å². The molecule has 35 heavy (non-hydrogen) atoms. The van der Waals surface area contributed by atoms with Gasteiger partial charge >= 0.3 is 0 Å². The molecule has 192 valence electrons. The first kappa shape index (κ1) is 24.6. The van der Waals surface area contributed by atoms with E-state index >= 15 is 0 Å². The molecule has 7 heteroatoms. The van der Waals surface area contributed by atoms with E-state index in [-0.39, 0.29) is 23.9 Å². The number of ether oxygens (including phenoxy) is 1. The minimum atomic E-state index is -0.396. The van der Waals surface area contributed by atoms with E-state index in [1.807, 2.05) is 17.0 Å².